The van der Waals surface area contributed by atoms with E-state index in [0.29, 0.717) is 18.5 Å². The first-order chi connectivity index (χ1) is 13.3. The maximum absolute atomic E-state index is 12.3. The first kappa shape index (κ1) is 18.4. The number of H-pyrrole nitrogens is 1. The van der Waals surface area contributed by atoms with Crippen LogP contribution in [-0.2, 0) is 0 Å². The highest BCUT2D eigenvalue weighted by molar-refractivity contribution is 6.01. The second-order valence-corrected chi connectivity index (χ2v) is 8.32. The number of rotatable bonds is 4. The normalized spacial score (nSPS) is 16.3. The summed E-state index contributed by atoms with van der Waals surface area (Å²) in [5, 5.41) is 6.40. The van der Waals surface area contributed by atoms with Crippen molar-refractivity contribution in [1.82, 2.24) is 20.3 Å². The van der Waals surface area contributed by atoms with Crippen molar-refractivity contribution in [1.29, 1.82) is 0 Å². The molecule has 0 spiro atoms. The lowest BCUT2D eigenvalue weighted by molar-refractivity contribution is 0.0955. The van der Waals surface area contributed by atoms with Crippen molar-refractivity contribution in [2.45, 2.75) is 45.7 Å². The summed E-state index contributed by atoms with van der Waals surface area (Å²) in [7, 11) is 0. The van der Waals surface area contributed by atoms with Crippen LogP contribution in [0.15, 0.2) is 24.3 Å². The van der Waals surface area contributed by atoms with Gasteiger partial charge in [-0.3, -0.25) is 4.79 Å². The number of carbonyl (C=O) groups is 1. The molecule has 1 atom stereocenters. The van der Waals surface area contributed by atoms with Crippen LogP contribution in [0.1, 0.15) is 55.0 Å². The number of para-hydroxylation sites is 1. The average molecular weight is 378 g/mol. The van der Waals surface area contributed by atoms with Crippen molar-refractivity contribution in [3.05, 3.63) is 41.2 Å². The van der Waals surface area contributed by atoms with Gasteiger partial charge in [0.05, 0.1) is 28.5 Å². The molecule has 3 aromatic rings. The summed E-state index contributed by atoms with van der Waals surface area (Å²) in [5.41, 5.74) is 11.4. The van der Waals surface area contributed by atoms with Crippen LogP contribution in [0.3, 0.4) is 0 Å². The summed E-state index contributed by atoms with van der Waals surface area (Å²) >= 11 is 0. The van der Waals surface area contributed by atoms with Gasteiger partial charge in [0.15, 0.2) is 0 Å². The number of aryl methyl sites for hydroxylation is 1. The number of hydrogen-bond donors (Lipinski definition) is 4. The van der Waals surface area contributed by atoms with Crippen molar-refractivity contribution in [2.24, 2.45) is 5.73 Å². The zero-order valence-electron chi connectivity index (χ0n) is 16.7. The fourth-order valence-electron chi connectivity index (χ4n) is 3.63. The Morgan fingerprint density at radius 1 is 1.21 bits per heavy atom. The van der Waals surface area contributed by atoms with E-state index in [4.69, 9.17) is 15.7 Å². The summed E-state index contributed by atoms with van der Waals surface area (Å²) in [6, 6.07) is 7.76. The molecule has 28 heavy (non-hydrogen) atoms. The number of aromatic nitrogens is 3. The lowest BCUT2D eigenvalue weighted by Crippen LogP contribution is -2.27. The molecule has 1 amide bonds. The van der Waals surface area contributed by atoms with Crippen molar-refractivity contribution in [3.8, 4) is 11.3 Å². The van der Waals surface area contributed by atoms with Gasteiger partial charge in [-0.05, 0) is 52.8 Å². The molecular weight excluding hydrogens is 352 g/mol. The first-order valence-electron chi connectivity index (χ1n) is 9.56. The number of aromatic amines is 1. The van der Waals surface area contributed by atoms with Gasteiger partial charge >= 0.3 is 0 Å². The predicted octanol–water partition coefficient (Wildman–Crippen LogP) is 3.28. The van der Waals surface area contributed by atoms with Crippen LogP contribution in [-0.4, -0.2) is 32.9 Å². The lowest BCUT2D eigenvalue weighted by Gasteiger charge is -2.22. The minimum Gasteiger partial charge on any atom is -0.364 e. The van der Waals surface area contributed by atoms with Crippen LogP contribution in [0.2, 0.25) is 0 Å². The minimum atomic E-state index is -0.122. The summed E-state index contributed by atoms with van der Waals surface area (Å²) in [6.45, 7) is 8.75. The molecule has 1 aliphatic rings. The van der Waals surface area contributed by atoms with Gasteiger partial charge in [0, 0.05) is 16.8 Å². The van der Waals surface area contributed by atoms with E-state index in [1.807, 2.05) is 31.2 Å². The van der Waals surface area contributed by atoms with Gasteiger partial charge in [0.2, 0.25) is 0 Å². The molecule has 0 radical (unpaired) electrons. The predicted molar refractivity (Wildman–Crippen MR) is 111 cm³/mol. The van der Waals surface area contributed by atoms with E-state index in [1.54, 1.807) is 0 Å². The van der Waals surface area contributed by atoms with E-state index in [1.165, 1.54) is 0 Å². The Morgan fingerprint density at radius 2 is 2.00 bits per heavy atom. The molecule has 4 rings (SSSR count). The molecule has 146 valence electrons. The van der Waals surface area contributed by atoms with Gasteiger partial charge in [-0.25, -0.2) is 9.97 Å². The van der Waals surface area contributed by atoms with Gasteiger partial charge < -0.3 is 21.4 Å². The lowest BCUT2D eigenvalue weighted by atomic mass is 10.1. The molecule has 0 saturated carbocycles. The third-order valence-corrected chi connectivity index (χ3v) is 4.85. The molecule has 2 aromatic heterocycles. The SMILES string of the molecule is Cc1nc2cccc(-c3cc4c([nH]3)C(CCN)NC4=O)c2nc1NC(C)(C)C. The van der Waals surface area contributed by atoms with Gasteiger partial charge in [-0.2, -0.15) is 0 Å². The fraction of sp³-hybridized carbons (Fsp3) is 0.381. The summed E-state index contributed by atoms with van der Waals surface area (Å²) < 4.78 is 0. The molecule has 1 aromatic carbocycles. The van der Waals surface area contributed by atoms with Crippen LogP contribution in [0, 0.1) is 6.92 Å². The average Bonchev–Trinajstić information content (AvgIpc) is 3.16. The van der Waals surface area contributed by atoms with Gasteiger partial charge in [0.1, 0.15) is 11.3 Å². The molecular formula is C21H26N6O. The molecule has 0 fully saturated rings. The Morgan fingerprint density at radius 3 is 2.71 bits per heavy atom. The van der Waals surface area contributed by atoms with Crippen molar-refractivity contribution in [2.75, 3.05) is 11.9 Å². The standard InChI is InChI=1S/C21H26N6O/c1-11-19(27-21(2,3)4)26-17-12(6-5-7-14(17)23-11)16-10-13-18(24-16)15(8-9-22)25-20(13)28/h5-7,10,15,24H,8-9,22H2,1-4H3,(H,25,28)(H,26,27). The number of benzene rings is 1. The smallest absolute Gasteiger partial charge is 0.253 e. The fourth-order valence-corrected chi connectivity index (χ4v) is 3.63. The molecule has 0 saturated heterocycles. The Balaban J connectivity index is 1.84. The minimum absolute atomic E-state index is 0.0618. The van der Waals surface area contributed by atoms with Crippen LogP contribution in [0.4, 0.5) is 5.82 Å². The second-order valence-electron chi connectivity index (χ2n) is 8.32. The maximum Gasteiger partial charge on any atom is 0.253 e. The molecule has 5 N–H and O–H groups in total. The first-order valence-corrected chi connectivity index (χ1v) is 9.56. The summed E-state index contributed by atoms with van der Waals surface area (Å²) in [6.07, 6.45) is 0.701. The van der Waals surface area contributed by atoms with Crippen LogP contribution in [0.5, 0.6) is 0 Å². The Labute approximate surface area is 164 Å². The zero-order chi connectivity index (χ0) is 20.1. The van der Waals surface area contributed by atoms with E-state index in [-0.39, 0.29) is 17.5 Å². The molecule has 7 heteroatoms. The quantitative estimate of drug-likeness (QED) is 0.557. The topological polar surface area (TPSA) is 109 Å². The van der Waals surface area contributed by atoms with Crippen LogP contribution >= 0.6 is 0 Å². The highest BCUT2D eigenvalue weighted by Gasteiger charge is 2.31. The van der Waals surface area contributed by atoms with E-state index in [2.05, 4.69) is 36.4 Å². The highest BCUT2D eigenvalue weighted by atomic mass is 16.2. The number of amides is 1. The maximum atomic E-state index is 12.3. The van der Waals surface area contributed by atoms with Crippen molar-refractivity contribution in [3.63, 3.8) is 0 Å². The molecule has 7 nitrogen and oxygen atoms in total. The number of carbonyl (C=O) groups excluding carboxylic acids is 1. The van der Waals surface area contributed by atoms with Gasteiger partial charge in [-0.15, -0.1) is 0 Å². The third kappa shape index (κ3) is 3.22. The third-order valence-electron chi connectivity index (χ3n) is 4.85. The molecule has 0 bridgehead atoms. The number of hydrogen-bond acceptors (Lipinski definition) is 5. The molecule has 1 unspecified atom stereocenters. The number of fused-ring (bicyclic) bond motifs is 2. The van der Waals surface area contributed by atoms with E-state index in [0.717, 1.165) is 39.5 Å². The van der Waals surface area contributed by atoms with Crippen LogP contribution < -0.4 is 16.4 Å². The second kappa shape index (κ2) is 6.60. The number of anilines is 1. The van der Waals surface area contributed by atoms with Gasteiger partial charge in [-0.1, -0.05) is 12.1 Å². The molecule has 0 aliphatic carbocycles. The van der Waals surface area contributed by atoms with E-state index >= 15 is 0 Å². The van der Waals surface area contributed by atoms with Crippen molar-refractivity contribution < 1.29 is 4.79 Å². The number of nitrogens with one attached hydrogen (secondary N) is 3. The number of nitrogens with two attached hydrogens (primary N) is 1. The van der Waals surface area contributed by atoms with E-state index in [9.17, 15) is 4.79 Å². The zero-order valence-corrected chi connectivity index (χ0v) is 16.7. The van der Waals surface area contributed by atoms with E-state index < -0.39 is 0 Å². The Hall–Kier alpha value is -2.93. The number of nitrogens with zero attached hydrogens (tertiary/aromatic N) is 2. The van der Waals surface area contributed by atoms with Crippen molar-refractivity contribution >= 4 is 22.8 Å². The summed E-state index contributed by atoms with van der Waals surface area (Å²) in [5.74, 6) is 0.707. The van der Waals surface area contributed by atoms with Crippen LogP contribution in [0.25, 0.3) is 22.3 Å². The molecule has 3 heterocycles. The summed E-state index contributed by atoms with van der Waals surface area (Å²) in [4.78, 5) is 25.3. The monoisotopic (exact) mass is 378 g/mol. The highest BCUT2D eigenvalue weighted by Crippen LogP contribution is 2.34. The Kier molecular flexibility index (Phi) is 4.34. The molecule has 1 aliphatic heterocycles. The van der Waals surface area contributed by atoms with Gasteiger partial charge in [0.25, 0.3) is 5.91 Å². The Bertz CT molecular complexity index is 1060. The largest absolute Gasteiger partial charge is 0.364 e.